The van der Waals surface area contributed by atoms with Crippen molar-refractivity contribution in [3.05, 3.63) is 35.4 Å². The van der Waals surface area contributed by atoms with Gasteiger partial charge in [-0.3, -0.25) is 9.59 Å². The number of carbonyl (C=O) groups is 2. The topological polar surface area (TPSA) is 40.6 Å². The molecule has 1 aliphatic rings. The maximum Gasteiger partial charge on any atom is 0.233 e. The molecule has 0 aliphatic carbocycles. The third kappa shape index (κ3) is 3.33. The molecule has 1 saturated heterocycles. The molecule has 1 aliphatic heterocycles. The largest absolute Gasteiger partial charge is 0.349 e. The number of hydrogen-bond donors (Lipinski definition) is 0. The van der Waals surface area contributed by atoms with E-state index in [4.69, 9.17) is 0 Å². The average molecular weight is 292 g/mol. The summed E-state index contributed by atoms with van der Waals surface area (Å²) in [5.74, 6) is 0.666. The van der Waals surface area contributed by atoms with Gasteiger partial charge in [-0.25, -0.2) is 0 Å². The molecule has 1 heterocycles. The predicted octanol–water partition coefficient (Wildman–Crippen LogP) is 2.05. The molecule has 2 amide bonds. The Labute approximate surface area is 124 Å². The first-order chi connectivity index (χ1) is 9.49. The van der Waals surface area contributed by atoms with Crippen LogP contribution in [0.3, 0.4) is 0 Å². The van der Waals surface area contributed by atoms with E-state index >= 15 is 0 Å². The lowest BCUT2D eigenvalue weighted by Gasteiger charge is -2.24. The number of thioether (sulfide) groups is 1. The van der Waals surface area contributed by atoms with Gasteiger partial charge >= 0.3 is 0 Å². The van der Waals surface area contributed by atoms with Gasteiger partial charge in [-0.2, -0.15) is 0 Å². The molecule has 1 aromatic carbocycles. The van der Waals surface area contributed by atoms with Crippen LogP contribution in [0.1, 0.15) is 22.9 Å². The third-order valence-corrected chi connectivity index (χ3v) is 4.65. The molecule has 0 unspecified atom stereocenters. The number of benzene rings is 1. The minimum absolute atomic E-state index is 0.0399. The zero-order valence-corrected chi connectivity index (χ0v) is 12.9. The number of aryl methyl sites for hydroxylation is 1. The second kappa shape index (κ2) is 6.31. The molecule has 0 radical (unpaired) electrons. The number of rotatable bonds is 4. The molecule has 4 nitrogen and oxygen atoms in total. The summed E-state index contributed by atoms with van der Waals surface area (Å²) in [5, 5.41) is 0.0399. The van der Waals surface area contributed by atoms with Crippen molar-refractivity contribution >= 4 is 23.6 Å². The van der Waals surface area contributed by atoms with E-state index in [-0.39, 0.29) is 17.2 Å². The van der Waals surface area contributed by atoms with Crippen LogP contribution in [0.4, 0.5) is 0 Å². The van der Waals surface area contributed by atoms with E-state index in [0.717, 1.165) is 5.56 Å². The number of amides is 2. The molecule has 2 rings (SSSR count). The quantitative estimate of drug-likeness (QED) is 0.853. The normalized spacial score (nSPS) is 18.4. The van der Waals surface area contributed by atoms with E-state index in [9.17, 15) is 9.59 Å². The molecule has 1 aromatic rings. The highest BCUT2D eigenvalue weighted by molar-refractivity contribution is 8.00. The van der Waals surface area contributed by atoms with Crippen molar-refractivity contribution < 1.29 is 9.59 Å². The summed E-state index contributed by atoms with van der Waals surface area (Å²) >= 11 is 1.63. The molecule has 1 fully saturated rings. The van der Waals surface area contributed by atoms with Crippen molar-refractivity contribution in [3.63, 3.8) is 0 Å². The maximum atomic E-state index is 12.0. The van der Waals surface area contributed by atoms with Gasteiger partial charge in [0.1, 0.15) is 5.37 Å². The Balaban J connectivity index is 2.06. The number of nitrogens with zero attached hydrogens (tertiary/aromatic N) is 2. The third-order valence-electron chi connectivity index (χ3n) is 3.40. The first-order valence-electron chi connectivity index (χ1n) is 6.67. The molecule has 108 valence electrons. The van der Waals surface area contributed by atoms with Crippen molar-refractivity contribution in [3.8, 4) is 0 Å². The van der Waals surface area contributed by atoms with Crippen LogP contribution in [0.5, 0.6) is 0 Å². The Bertz CT molecular complexity index is 499. The maximum absolute atomic E-state index is 12.0. The lowest BCUT2D eigenvalue weighted by atomic mass is 10.1. The van der Waals surface area contributed by atoms with Gasteiger partial charge in [0.05, 0.1) is 5.75 Å². The summed E-state index contributed by atoms with van der Waals surface area (Å²) in [6.45, 7) is 2.53. The zero-order valence-electron chi connectivity index (χ0n) is 12.1. The van der Waals surface area contributed by atoms with Gasteiger partial charge in [-0.05, 0) is 12.5 Å². The zero-order chi connectivity index (χ0) is 14.7. The molecular formula is C15H20N2O2S. The lowest BCUT2D eigenvalue weighted by Crippen LogP contribution is -2.33. The molecule has 1 atom stereocenters. The molecule has 0 spiro atoms. The highest BCUT2D eigenvalue weighted by atomic mass is 32.2. The van der Waals surface area contributed by atoms with Crippen molar-refractivity contribution in [2.45, 2.75) is 18.7 Å². The smallest absolute Gasteiger partial charge is 0.233 e. The highest BCUT2D eigenvalue weighted by Gasteiger charge is 2.32. The number of hydrogen-bond acceptors (Lipinski definition) is 3. The minimum atomic E-state index is 0.0399. The van der Waals surface area contributed by atoms with E-state index < -0.39 is 0 Å². The van der Waals surface area contributed by atoms with Gasteiger partial charge in [0.2, 0.25) is 11.8 Å². The van der Waals surface area contributed by atoms with Gasteiger partial charge in [0.25, 0.3) is 0 Å². The Morgan fingerprint density at radius 3 is 2.60 bits per heavy atom. The second-order valence-corrected chi connectivity index (χ2v) is 6.27. The van der Waals surface area contributed by atoms with Gasteiger partial charge < -0.3 is 9.80 Å². The molecule has 5 heteroatoms. The van der Waals surface area contributed by atoms with Gasteiger partial charge in [-0.15, -0.1) is 11.8 Å². The van der Waals surface area contributed by atoms with E-state index in [1.54, 1.807) is 30.8 Å². The summed E-state index contributed by atoms with van der Waals surface area (Å²) in [5.41, 5.74) is 2.33. The molecule has 0 N–H and O–H groups in total. The molecule has 0 aromatic heterocycles. The van der Waals surface area contributed by atoms with Crippen molar-refractivity contribution in [2.24, 2.45) is 0 Å². The Kier molecular flexibility index (Phi) is 4.70. The van der Waals surface area contributed by atoms with Crippen LogP contribution in [0.2, 0.25) is 0 Å². The van der Waals surface area contributed by atoms with Crippen LogP contribution >= 0.6 is 11.8 Å². The predicted molar refractivity (Wildman–Crippen MR) is 81.4 cm³/mol. The second-order valence-electron chi connectivity index (χ2n) is 5.20. The van der Waals surface area contributed by atoms with Crippen LogP contribution in [-0.2, 0) is 9.59 Å². The summed E-state index contributed by atoms with van der Waals surface area (Å²) in [6, 6.07) is 8.24. The monoisotopic (exact) mass is 292 g/mol. The fourth-order valence-electron chi connectivity index (χ4n) is 2.14. The van der Waals surface area contributed by atoms with Crippen LogP contribution < -0.4 is 0 Å². The van der Waals surface area contributed by atoms with Crippen LogP contribution in [0.25, 0.3) is 0 Å². The van der Waals surface area contributed by atoms with E-state index in [1.165, 1.54) is 5.56 Å². The van der Waals surface area contributed by atoms with Crippen molar-refractivity contribution in [1.82, 2.24) is 9.80 Å². The standard InChI is InChI=1S/C15H20N2O2S/c1-11-4-6-12(7-5-11)15-17(14(19)10-20-15)9-8-13(18)16(2)3/h4-7,15H,8-10H2,1-3H3/t15-/m1/s1. The van der Waals surface area contributed by atoms with Crippen LogP contribution in [0, 0.1) is 6.92 Å². The highest BCUT2D eigenvalue weighted by Crippen LogP contribution is 2.38. The summed E-state index contributed by atoms with van der Waals surface area (Å²) < 4.78 is 0. The molecule has 0 bridgehead atoms. The SMILES string of the molecule is Cc1ccc([C@H]2SCC(=O)N2CCC(=O)N(C)C)cc1. The van der Waals surface area contributed by atoms with E-state index in [1.807, 2.05) is 11.8 Å². The molecular weight excluding hydrogens is 272 g/mol. The van der Waals surface area contributed by atoms with Crippen LogP contribution in [0.15, 0.2) is 24.3 Å². The Hall–Kier alpha value is -1.49. The van der Waals surface area contributed by atoms with E-state index in [0.29, 0.717) is 18.7 Å². The van der Waals surface area contributed by atoms with E-state index in [2.05, 4.69) is 24.3 Å². The fourth-order valence-corrected chi connectivity index (χ4v) is 3.36. The van der Waals surface area contributed by atoms with Gasteiger partial charge in [0, 0.05) is 27.1 Å². The Morgan fingerprint density at radius 1 is 1.35 bits per heavy atom. The first kappa shape index (κ1) is 14.9. The lowest BCUT2D eigenvalue weighted by molar-refractivity contribution is -0.131. The molecule has 0 saturated carbocycles. The summed E-state index contributed by atoms with van der Waals surface area (Å²) in [4.78, 5) is 27.0. The molecule has 20 heavy (non-hydrogen) atoms. The number of carbonyl (C=O) groups excluding carboxylic acids is 2. The van der Waals surface area contributed by atoms with Gasteiger partial charge in [0.15, 0.2) is 0 Å². The van der Waals surface area contributed by atoms with Crippen LogP contribution in [-0.4, -0.2) is 48.0 Å². The van der Waals surface area contributed by atoms with Crippen molar-refractivity contribution in [2.75, 3.05) is 26.4 Å². The summed E-state index contributed by atoms with van der Waals surface area (Å²) in [7, 11) is 3.47. The minimum Gasteiger partial charge on any atom is -0.349 e. The summed E-state index contributed by atoms with van der Waals surface area (Å²) in [6.07, 6.45) is 0.377. The Morgan fingerprint density at radius 2 is 2.00 bits per heavy atom. The van der Waals surface area contributed by atoms with Crippen molar-refractivity contribution in [1.29, 1.82) is 0 Å². The fraction of sp³-hybridized carbons (Fsp3) is 0.467. The first-order valence-corrected chi connectivity index (χ1v) is 7.71. The average Bonchev–Trinajstić information content (AvgIpc) is 2.78. The van der Waals surface area contributed by atoms with Gasteiger partial charge in [-0.1, -0.05) is 29.8 Å².